The van der Waals surface area contributed by atoms with Gasteiger partial charge in [0.05, 0.1) is 10.6 Å². The van der Waals surface area contributed by atoms with Crippen molar-refractivity contribution in [2.75, 3.05) is 13.1 Å². The van der Waals surface area contributed by atoms with Gasteiger partial charge in [0.15, 0.2) is 0 Å². The van der Waals surface area contributed by atoms with Gasteiger partial charge in [0, 0.05) is 19.0 Å². The van der Waals surface area contributed by atoms with E-state index in [9.17, 15) is 14.0 Å². The summed E-state index contributed by atoms with van der Waals surface area (Å²) in [5.41, 5.74) is -0.106. The number of likely N-dealkylation sites (tertiary alicyclic amines) is 1. The second-order valence-corrected chi connectivity index (χ2v) is 4.79. The molecule has 0 bridgehead atoms. The van der Waals surface area contributed by atoms with Gasteiger partial charge in [-0.1, -0.05) is 17.7 Å². The van der Waals surface area contributed by atoms with Crippen LogP contribution in [-0.2, 0) is 4.79 Å². The highest BCUT2D eigenvalue weighted by Gasteiger charge is 2.27. The van der Waals surface area contributed by atoms with Gasteiger partial charge in [-0.25, -0.2) is 4.39 Å². The molecule has 1 saturated heterocycles. The van der Waals surface area contributed by atoms with Crippen LogP contribution >= 0.6 is 11.6 Å². The lowest BCUT2D eigenvalue weighted by Crippen LogP contribution is -2.40. The number of carbonyl (C=O) groups excluding carboxylic acids is 2. The Morgan fingerprint density at radius 1 is 1.50 bits per heavy atom. The highest BCUT2D eigenvalue weighted by atomic mass is 35.5. The highest BCUT2D eigenvalue weighted by Crippen LogP contribution is 2.23. The zero-order chi connectivity index (χ0) is 13.1. The van der Waals surface area contributed by atoms with Gasteiger partial charge in [-0.15, -0.1) is 0 Å². The molecule has 1 atom stereocenters. The minimum absolute atomic E-state index is 0.105. The molecule has 3 nitrogen and oxygen atoms in total. The van der Waals surface area contributed by atoms with Crippen LogP contribution in [0.4, 0.5) is 4.39 Å². The molecule has 1 aliphatic heterocycles. The summed E-state index contributed by atoms with van der Waals surface area (Å²) in [6.45, 7) is 0.876. The van der Waals surface area contributed by atoms with E-state index >= 15 is 0 Å². The van der Waals surface area contributed by atoms with Gasteiger partial charge in [-0.05, 0) is 25.0 Å². The number of rotatable bonds is 2. The van der Waals surface area contributed by atoms with Crippen molar-refractivity contribution < 1.29 is 14.0 Å². The number of piperidine rings is 1. The highest BCUT2D eigenvalue weighted by molar-refractivity contribution is 6.33. The molecule has 1 aromatic carbocycles. The van der Waals surface area contributed by atoms with Crippen molar-refractivity contribution in [1.82, 2.24) is 4.90 Å². The molecule has 0 N–H and O–H groups in total. The third kappa shape index (κ3) is 2.53. The van der Waals surface area contributed by atoms with Crippen molar-refractivity contribution >= 4 is 23.8 Å². The first-order valence-corrected chi connectivity index (χ1v) is 6.20. The Morgan fingerprint density at radius 2 is 2.28 bits per heavy atom. The van der Waals surface area contributed by atoms with Crippen molar-refractivity contribution in [2.45, 2.75) is 12.8 Å². The molecule has 96 valence electrons. The van der Waals surface area contributed by atoms with E-state index in [4.69, 9.17) is 11.6 Å². The smallest absolute Gasteiger partial charge is 0.258 e. The molecule has 1 heterocycles. The van der Waals surface area contributed by atoms with Gasteiger partial charge in [0.25, 0.3) is 5.91 Å². The lowest BCUT2D eigenvalue weighted by atomic mass is 9.99. The first-order chi connectivity index (χ1) is 8.63. The minimum atomic E-state index is -0.624. The number of hydrogen-bond donors (Lipinski definition) is 0. The van der Waals surface area contributed by atoms with Crippen LogP contribution < -0.4 is 0 Å². The largest absolute Gasteiger partial charge is 0.338 e. The predicted molar refractivity (Wildman–Crippen MR) is 66.1 cm³/mol. The Bertz CT molecular complexity index is 458. The number of nitrogens with zero attached hydrogens (tertiary/aromatic N) is 1. The topological polar surface area (TPSA) is 37.4 Å². The van der Waals surface area contributed by atoms with E-state index in [1.54, 1.807) is 0 Å². The minimum Gasteiger partial charge on any atom is -0.338 e. The maximum absolute atomic E-state index is 13.6. The third-order valence-corrected chi connectivity index (χ3v) is 3.43. The number of aldehydes is 1. The first kappa shape index (κ1) is 13.0. The number of amides is 1. The molecule has 1 amide bonds. The van der Waals surface area contributed by atoms with Crippen molar-refractivity contribution in [3.05, 3.63) is 34.6 Å². The Labute approximate surface area is 110 Å². The predicted octanol–water partition coefficient (Wildman–Crippen LogP) is 2.53. The van der Waals surface area contributed by atoms with E-state index in [-0.39, 0.29) is 16.5 Å². The summed E-state index contributed by atoms with van der Waals surface area (Å²) >= 11 is 5.86. The quantitative estimate of drug-likeness (QED) is 0.774. The molecule has 5 heteroatoms. The summed E-state index contributed by atoms with van der Waals surface area (Å²) in [7, 11) is 0. The van der Waals surface area contributed by atoms with Crippen molar-refractivity contribution in [1.29, 1.82) is 0 Å². The summed E-state index contributed by atoms with van der Waals surface area (Å²) in [5, 5.41) is 0.105. The standard InChI is InChI=1S/C13H13ClFNO2/c14-10-4-1-5-11(15)12(10)13(18)16-6-2-3-9(7-16)8-17/h1,4-5,8-9H,2-3,6-7H2. The summed E-state index contributed by atoms with van der Waals surface area (Å²) in [6, 6.07) is 4.15. The van der Waals surface area contributed by atoms with Gasteiger partial charge in [-0.2, -0.15) is 0 Å². The van der Waals surface area contributed by atoms with Crippen LogP contribution in [0.25, 0.3) is 0 Å². The zero-order valence-electron chi connectivity index (χ0n) is 9.73. The third-order valence-electron chi connectivity index (χ3n) is 3.11. The molecule has 1 aliphatic rings. The van der Waals surface area contributed by atoms with Crippen LogP contribution in [0.15, 0.2) is 18.2 Å². The van der Waals surface area contributed by atoms with Gasteiger partial charge >= 0.3 is 0 Å². The molecule has 0 aromatic heterocycles. The number of halogens is 2. The van der Waals surface area contributed by atoms with Crippen LogP contribution in [0.1, 0.15) is 23.2 Å². The fraction of sp³-hybridized carbons (Fsp3) is 0.385. The molecule has 1 fully saturated rings. The normalized spacial score (nSPS) is 19.7. The Morgan fingerprint density at radius 3 is 2.94 bits per heavy atom. The molecule has 0 radical (unpaired) electrons. The first-order valence-electron chi connectivity index (χ1n) is 5.82. The second kappa shape index (κ2) is 5.48. The summed E-state index contributed by atoms with van der Waals surface area (Å²) in [5.74, 6) is -1.22. The average molecular weight is 270 g/mol. The number of carbonyl (C=O) groups is 2. The Hall–Kier alpha value is -1.42. The fourth-order valence-corrected chi connectivity index (χ4v) is 2.41. The second-order valence-electron chi connectivity index (χ2n) is 4.39. The van der Waals surface area contributed by atoms with E-state index in [1.807, 2.05) is 0 Å². The van der Waals surface area contributed by atoms with Gasteiger partial charge in [-0.3, -0.25) is 4.79 Å². The summed E-state index contributed by atoms with van der Waals surface area (Å²) in [6.07, 6.45) is 2.38. The molecule has 1 unspecified atom stereocenters. The summed E-state index contributed by atoms with van der Waals surface area (Å²) in [4.78, 5) is 24.4. The van der Waals surface area contributed by atoms with E-state index < -0.39 is 11.7 Å². The van der Waals surface area contributed by atoms with E-state index in [1.165, 1.54) is 23.1 Å². The Balaban J connectivity index is 2.23. The molecule has 2 rings (SSSR count). The average Bonchev–Trinajstić information content (AvgIpc) is 2.38. The zero-order valence-corrected chi connectivity index (χ0v) is 10.5. The monoisotopic (exact) mass is 269 g/mol. The van der Waals surface area contributed by atoms with Crippen molar-refractivity contribution in [2.24, 2.45) is 5.92 Å². The van der Waals surface area contributed by atoms with Crippen molar-refractivity contribution in [3.63, 3.8) is 0 Å². The fourth-order valence-electron chi connectivity index (χ4n) is 2.17. The van der Waals surface area contributed by atoms with Gasteiger partial charge in [0.1, 0.15) is 12.1 Å². The van der Waals surface area contributed by atoms with Crippen molar-refractivity contribution in [3.8, 4) is 0 Å². The van der Waals surface area contributed by atoms with E-state index in [2.05, 4.69) is 0 Å². The van der Waals surface area contributed by atoms with Crippen LogP contribution in [0, 0.1) is 11.7 Å². The maximum atomic E-state index is 13.6. The lowest BCUT2D eigenvalue weighted by molar-refractivity contribution is -0.112. The van der Waals surface area contributed by atoms with Gasteiger partial charge in [0.2, 0.25) is 0 Å². The SMILES string of the molecule is O=CC1CCCN(C(=O)c2c(F)cccc2Cl)C1. The lowest BCUT2D eigenvalue weighted by Gasteiger charge is -2.30. The molecule has 0 spiro atoms. The van der Waals surface area contributed by atoms with Crippen LogP contribution in [-0.4, -0.2) is 30.2 Å². The van der Waals surface area contributed by atoms with E-state index in [0.29, 0.717) is 13.1 Å². The molecular formula is C13H13ClFNO2. The molecule has 0 saturated carbocycles. The Kier molecular flexibility index (Phi) is 3.97. The number of benzene rings is 1. The van der Waals surface area contributed by atoms with Gasteiger partial charge < -0.3 is 9.69 Å². The van der Waals surface area contributed by atoms with E-state index in [0.717, 1.165) is 19.1 Å². The summed E-state index contributed by atoms with van der Waals surface area (Å²) < 4.78 is 13.6. The van der Waals surface area contributed by atoms with Crippen LogP contribution in [0.2, 0.25) is 5.02 Å². The molecular weight excluding hydrogens is 257 g/mol. The maximum Gasteiger partial charge on any atom is 0.258 e. The molecule has 1 aromatic rings. The van der Waals surface area contributed by atoms with Crippen LogP contribution in [0.5, 0.6) is 0 Å². The number of hydrogen-bond acceptors (Lipinski definition) is 2. The van der Waals surface area contributed by atoms with Crippen LogP contribution in [0.3, 0.4) is 0 Å². The molecule has 18 heavy (non-hydrogen) atoms. The molecule has 0 aliphatic carbocycles.